The van der Waals surface area contributed by atoms with E-state index in [1.807, 2.05) is 12.1 Å². The van der Waals surface area contributed by atoms with Gasteiger partial charge in [-0.1, -0.05) is 12.1 Å². The number of nitrogens with zero attached hydrogens (tertiary/aromatic N) is 2. The Morgan fingerprint density at radius 2 is 2.21 bits per heavy atom. The molecule has 1 aliphatic heterocycles. The molecule has 1 aromatic carbocycles. The lowest BCUT2D eigenvalue weighted by Crippen LogP contribution is -2.29. The molecule has 0 spiro atoms. The van der Waals surface area contributed by atoms with Crippen molar-refractivity contribution in [3.8, 4) is 5.75 Å². The average Bonchev–Trinajstić information content (AvgIpc) is 2.84. The van der Waals surface area contributed by atoms with Gasteiger partial charge in [0.25, 0.3) is 5.91 Å². The first kappa shape index (κ1) is 11.5. The maximum absolute atomic E-state index is 12.5. The second kappa shape index (κ2) is 4.28. The van der Waals surface area contributed by atoms with E-state index in [-0.39, 0.29) is 17.2 Å². The van der Waals surface area contributed by atoms with E-state index in [0.29, 0.717) is 12.2 Å². The highest BCUT2D eigenvalue weighted by molar-refractivity contribution is 6.10. The van der Waals surface area contributed by atoms with Crippen LogP contribution in [0.4, 0.5) is 11.4 Å². The van der Waals surface area contributed by atoms with E-state index in [4.69, 9.17) is 5.73 Å². The number of aromatic hydroxyl groups is 1. The molecule has 19 heavy (non-hydrogen) atoms. The maximum atomic E-state index is 12.5. The van der Waals surface area contributed by atoms with Crippen molar-refractivity contribution in [2.75, 3.05) is 17.2 Å². The monoisotopic (exact) mass is 255 g/mol. The normalized spacial score (nSPS) is 13.4. The molecule has 1 amide bonds. The number of rotatable bonds is 1. The van der Waals surface area contributed by atoms with Gasteiger partial charge in [0.05, 0.1) is 23.1 Å². The van der Waals surface area contributed by atoms with Crippen molar-refractivity contribution in [2.24, 2.45) is 0 Å². The molecule has 2 heterocycles. The third-order valence-corrected chi connectivity index (χ3v) is 3.30. The maximum Gasteiger partial charge on any atom is 0.262 e. The molecule has 0 saturated heterocycles. The summed E-state index contributed by atoms with van der Waals surface area (Å²) < 4.78 is 0. The number of fused-ring (bicyclic) bond motifs is 1. The fourth-order valence-electron chi connectivity index (χ4n) is 2.40. The number of carbonyl (C=O) groups is 1. The van der Waals surface area contributed by atoms with Gasteiger partial charge in [0.1, 0.15) is 5.75 Å². The number of amides is 1. The number of hydrogen-bond acceptors (Lipinski definition) is 4. The number of carbonyl (C=O) groups excluding carboxylic acids is 1. The fourth-order valence-corrected chi connectivity index (χ4v) is 2.40. The van der Waals surface area contributed by atoms with E-state index < -0.39 is 0 Å². The van der Waals surface area contributed by atoms with Crippen LogP contribution in [-0.4, -0.2) is 22.5 Å². The summed E-state index contributed by atoms with van der Waals surface area (Å²) in [6.07, 6.45) is 3.52. The third kappa shape index (κ3) is 1.79. The van der Waals surface area contributed by atoms with Crippen molar-refractivity contribution >= 4 is 17.3 Å². The Hall–Kier alpha value is -2.56. The number of pyridine rings is 1. The van der Waals surface area contributed by atoms with Gasteiger partial charge in [-0.25, -0.2) is 0 Å². The first-order valence-electron chi connectivity index (χ1n) is 6.00. The largest absolute Gasteiger partial charge is 0.505 e. The zero-order valence-corrected chi connectivity index (χ0v) is 10.2. The van der Waals surface area contributed by atoms with Crippen molar-refractivity contribution in [1.29, 1.82) is 0 Å². The van der Waals surface area contributed by atoms with Crippen molar-refractivity contribution in [1.82, 2.24) is 4.98 Å². The first-order valence-corrected chi connectivity index (χ1v) is 6.00. The van der Waals surface area contributed by atoms with Gasteiger partial charge in [-0.3, -0.25) is 9.78 Å². The van der Waals surface area contributed by atoms with Gasteiger partial charge in [0.2, 0.25) is 0 Å². The highest BCUT2D eigenvalue weighted by Crippen LogP contribution is 2.35. The standard InChI is InChI=1S/C14H13N3O2/c15-11-3-1-2-9-5-7-17(13(9)11)14(19)10-4-6-16-8-12(10)18/h1-4,6,8,18H,5,7,15H2. The molecule has 0 fully saturated rings. The van der Waals surface area contributed by atoms with E-state index in [0.717, 1.165) is 17.7 Å². The second-order valence-electron chi connectivity index (χ2n) is 4.45. The van der Waals surface area contributed by atoms with Crippen LogP contribution < -0.4 is 10.6 Å². The fraction of sp³-hybridized carbons (Fsp3) is 0.143. The number of nitrogen functional groups attached to an aromatic ring is 1. The van der Waals surface area contributed by atoms with Crippen molar-refractivity contribution < 1.29 is 9.90 Å². The summed E-state index contributed by atoms with van der Waals surface area (Å²) in [5.41, 5.74) is 8.58. The van der Waals surface area contributed by atoms with Gasteiger partial charge in [-0.05, 0) is 24.1 Å². The van der Waals surface area contributed by atoms with E-state index in [1.54, 1.807) is 11.0 Å². The van der Waals surface area contributed by atoms with Crippen LogP contribution in [0.15, 0.2) is 36.7 Å². The van der Waals surface area contributed by atoms with Gasteiger partial charge < -0.3 is 15.7 Å². The molecule has 0 saturated carbocycles. The molecule has 0 radical (unpaired) electrons. The number of para-hydroxylation sites is 1. The van der Waals surface area contributed by atoms with E-state index in [2.05, 4.69) is 4.98 Å². The number of aromatic nitrogens is 1. The quantitative estimate of drug-likeness (QED) is 0.758. The minimum atomic E-state index is -0.253. The molecule has 5 heteroatoms. The van der Waals surface area contributed by atoms with Crippen molar-refractivity contribution in [3.05, 3.63) is 47.8 Å². The Bertz CT molecular complexity index is 655. The zero-order chi connectivity index (χ0) is 13.4. The Balaban J connectivity index is 2.03. The minimum absolute atomic E-state index is 0.115. The SMILES string of the molecule is Nc1cccc2c1N(C(=O)c1ccncc1O)CC2. The summed E-state index contributed by atoms with van der Waals surface area (Å²) >= 11 is 0. The Morgan fingerprint density at radius 3 is 3.00 bits per heavy atom. The van der Waals surface area contributed by atoms with Crippen molar-refractivity contribution in [2.45, 2.75) is 6.42 Å². The van der Waals surface area contributed by atoms with Crippen LogP contribution in [0.2, 0.25) is 0 Å². The number of benzene rings is 1. The van der Waals surface area contributed by atoms with Crippen LogP contribution >= 0.6 is 0 Å². The van der Waals surface area contributed by atoms with Crippen LogP contribution in [-0.2, 0) is 6.42 Å². The van der Waals surface area contributed by atoms with E-state index in [1.165, 1.54) is 18.5 Å². The molecule has 3 N–H and O–H groups in total. The van der Waals surface area contributed by atoms with Gasteiger partial charge >= 0.3 is 0 Å². The topological polar surface area (TPSA) is 79.5 Å². The Kier molecular flexibility index (Phi) is 2.59. The van der Waals surface area contributed by atoms with Gasteiger partial charge in [0, 0.05) is 12.7 Å². The minimum Gasteiger partial charge on any atom is -0.505 e. The lowest BCUT2D eigenvalue weighted by molar-refractivity contribution is 0.0986. The summed E-state index contributed by atoms with van der Waals surface area (Å²) in [5.74, 6) is -0.369. The number of anilines is 2. The number of nitrogens with two attached hydrogens (primary N) is 1. The van der Waals surface area contributed by atoms with Gasteiger partial charge in [-0.2, -0.15) is 0 Å². The first-order chi connectivity index (χ1) is 9.18. The highest BCUT2D eigenvalue weighted by atomic mass is 16.3. The molecule has 2 aromatic rings. The zero-order valence-electron chi connectivity index (χ0n) is 10.2. The van der Waals surface area contributed by atoms with Crippen molar-refractivity contribution in [3.63, 3.8) is 0 Å². The lowest BCUT2D eigenvalue weighted by Gasteiger charge is -2.19. The smallest absolute Gasteiger partial charge is 0.262 e. The van der Waals surface area contributed by atoms with E-state index >= 15 is 0 Å². The summed E-state index contributed by atoms with van der Waals surface area (Å²) in [7, 11) is 0. The lowest BCUT2D eigenvalue weighted by atomic mass is 10.1. The molecule has 96 valence electrons. The molecular weight excluding hydrogens is 242 g/mol. The molecule has 0 atom stereocenters. The molecule has 0 bridgehead atoms. The number of hydrogen-bond donors (Lipinski definition) is 2. The summed E-state index contributed by atoms with van der Waals surface area (Å²) in [4.78, 5) is 17.8. The Morgan fingerprint density at radius 1 is 1.37 bits per heavy atom. The van der Waals surface area contributed by atoms with Gasteiger partial charge in [0.15, 0.2) is 0 Å². The predicted molar refractivity (Wildman–Crippen MR) is 72.1 cm³/mol. The molecule has 1 aliphatic rings. The van der Waals surface area contributed by atoms with Crippen LogP contribution in [0.5, 0.6) is 5.75 Å². The Labute approximate surface area is 110 Å². The van der Waals surface area contributed by atoms with E-state index in [9.17, 15) is 9.90 Å². The average molecular weight is 255 g/mol. The molecular formula is C14H13N3O2. The van der Waals surface area contributed by atoms with Crippen LogP contribution in [0.1, 0.15) is 15.9 Å². The van der Waals surface area contributed by atoms with Gasteiger partial charge in [-0.15, -0.1) is 0 Å². The molecule has 1 aromatic heterocycles. The summed E-state index contributed by atoms with van der Waals surface area (Å²) in [6.45, 7) is 0.574. The summed E-state index contributed by atoms with van der Waals surface area (Å²) in [5, 5.41) is 9.72. The predicted octanol–water partition coefficient (Wildman–Crippen LogP) is 1.57. The van der Waals surface area contributed by atoms with Crippen LogP contribution in [0.25, 0.3) is 0 Å². The van der Waals surface area contributed by atoms with Crippen LogP contribution in [0.3, 0.4) is 0 Å². The summed E-state index contributed by atoms with van der Waals surface area (Å²) in [6, 6.07) is 7.13. The molecule has 0 unspecified atom stereocenters. The highest BCUT2D eigenvalue weighted by Gasteiger charge is 2.28. The second-order valence-corrected chi connectivity index (χ2v) is 4.45. The molecule has 3 rings (SSSR count). The molecule has 5 nitrogen and oxygen atoms in total. The third-order valence-electron chi connectivity index (χ3n) is 3.30. The molecule has 0 aliphatic carbocycles. The van der Waals surface area contributed by atoms with Crippen LogP contribution in [0, 0.1) is 0 Å².